The Hall–Kier alpha value is -0.640. The first-order valence-electron chi connectivity index (χ1n) is 4.67. The smallest absolute Gasteiger partial charge is 0.202 e. The molecule has 1 N–H and O–H groups in total. The zero-order chi connectivity index (χ0) is 9.84. The van der Waals surface area contributed by atoms with Crippen LogP contribution in [0.1, 0.15) is 33.5 Å². The summed E-state index contributed by atoms with van der Waals surface area (Å²) in [7, 11) is 0. The van der Waals surface area contributed by atoms with Gasteiger partial charge >= 0.3 is 0 Å². The Morgan fingerprint density at radius 3 is 2.54 bits per heavy atom. The molecular weight excluding hydrogens is 182 g/mol. The van der Waals surface area contributed by atoms with E-state index < -0.39 is 0 Å². The highest BCUT2D eigenvalue weighted by Gasteiger charge is 2.06. The number of hydrogen-bond acceptors (Lipinski definition) is 4. The van der Waals surface area contributed by atoms with Crippen LogP contribution in [0.25, 0.3) is 0 Å². The van der Waals surface area contributed by atoms with E-state index in [1.165, 1.54) is 11.5 Å². The normalized spacial score (nSPS) is 11.2. The predicted molar refractivity (Wildman–Crippen MR) is 57.2 cm³/mol. The molecule has 0 spiro atoms. The third-order valence-electron chi connectivity index (χ3n) is 1.47. The average Bonchev–Trinajstić information content (AvgIpc) is 2.33. The molecule has 0 aromatic carbocycles. The van der Waals surface area contributed by atoms with Crippen LogP contribution in [0.2, 0.25) is 0 Å². The van der Waals surface area contributed by atoms with E-state index in [2.05, 4.69) is 42.4 Å². The van der Waals surface area contributed by atoms with Gasteiger partial charge in [-0.2, -0.15) is 4.37 Å². The molecule has 0 aliphatic carbocycles. The molecule has 0 unspecified atom stereocenters. The Labute approximate surface area is 83.8 Å². The van der Waals surface area contributed by atoms with Crippen molar-refractivity contribution in [1.29, 1.82) is 0 Å². The first kappa shape index (κ1) is 10.4. The fourth-order valence-corrected chi connectivity index (χ4v) is 1.75. The molecule has 0 saturated carbocycles. The summed E-state index contributed by atoms with van der Waals surface area (Å²) in [6.45, 7) is 8.56. The maximum atomic E-state index is 4.39. The minimum absolute atomic E-state index is 0.430. The highest BCUT2D eigenvalue weighted by molar-refractivity contribution is 7.09. The predicted octanol–water partition coefficient (Wildman–Crippen LogP) is 2.56. The second-order valence-electron chi connectivity index (χ2n) is 3.91. The first-order valence-corrected chi connectivity index (χ1v) is 5.44. The van der Waals surface area contributed by atoms with Crippen molar-refractivity contribution >= 4 is 16.7 Å². The van der Waals surface area contributed by atoms with Gasteiger partial charge in [-0.15, -0.1) is 0 Å². The fraction of sp³-hybridized carbons (Fsp3) is 0.778. The summed E-state index contributed by atoms with van der Waals surface area (Å²) >= 11 is 1.45. The van der Waals surface area contributed by atoms with Crippen LogP contribution in [-0.4, -0.2) is 15.4 Å². The van der Waals surface area contributed by atoms with E-state index in [1.807, 2.05) is 0 Å². The summed E-state index contributed by atoms with van der Waals surface area (Å²) in [6, 6.07) is 0.430. The van der Waals surface area contributed by atoms with Crippen LogP contribution in [0.5, 0.6) is 0 Å². The second kappa shape index (κ2) is 4.56. The molecule has 4 heteroatoms. The van der Waals surface area contributed by atoms with E-state index in [4.69, 9.17) is 0 Å². The van der Waals surface area contributed by atoms with Crippen LogP contribution in [0.4, 0.5) is 5.13 Å². The topological polar surface area (TPSA) is 37.8 Å². The molecular formula is C9H17N3S. The van der Waals surface area contributed by atoms with E-state index in [0.29, 0.717) is 12.0 Å². The van der Waals surface area contributed by atoms with E-state index in [0.717, 1.165) is 17.4 Å². The van der Waals surface area contributed by atoms with Gasteiger partial charge in [-0.25, -0.2) is 4.98 Å². The maximum absolute atomic E-state index is 4.39. The lowest BCUT2D eigenvalue weighted by molar-refractivity contribution is 0.627. The molecule has 1 aromatic rings. The Morgan fingerprint density at radius 1 is 1.31 bits per heavy atom. The molecule has 0 bridgehead atoms. The van der Waals surface area contributed by atoms with Crippen molar-refractivity contribution in [3.63, 3.8) is 0 Å². The minimum Gasteiger partial charge on any atom is -0.358 e. The van der Waals surface area contributed by atoms with E-state index in [1.54, 1.807) is 0 Å². The fourth-order valence-electron chi connectivity index (χ4n) is 1.01. The van der Waals surface area contributed by atoms with Crippen molar-refractivity contribution < 1.29 is 0 Å². The highest BCUT2D eigenvalue weighted by atomic mass is 32.1. The third kappa shape index (κ3) is 3.72. The Balaban J connectivity index is 2.53. The van der Waals surface area contributed by atoms with Gasteiger partial charge in [0.1, 0.15) is 5.82 Å². The SMILES string of the molecule is CC(C)Cc1nsc(NC(C)C)n1. The number of anilines is 1. The van der Waals surface area contributed by atoms with Crippen LogP contribution < -0.4 is 5.32 Å². The van der Waals surface area contributed by atoms with E-state index in [9.17, 15) is 0 Å². The van der Waals surface area contributed by atoms with Gasteiger partial charge in [0.2, 0.25) is 5.13 Å². The summed E-state index contributed by atoms with van der Waals surface area (Å²) < 4.78 is 4.28. The lowest BCUT2D eigenvalue weighted by Crippen LogP contribution is -2.09. The van der Waals surface area contributed by atoms with E-state index >= 15 is 0 Å². The van der Waals surface area contributed by atoms with Crippen LogP contribution in [0.15, 0.2) is 0 Å². The number of nitrogens with one attached hydrogen (secondary N) is 1. The largest absolute Gasteiger partial charge is 0.358 e. The lowest BCUT2D eigenvalue weighted by atomic mass is 10.1. The van der Waals surface area contributed by atoms with Crippen molar-refractivity contribution in [2.75, 3.05) is 5.32 Å². The minimum atomic E-state index is 0.430. The summed E-state index contributed by atoms with van der Waals surface area (Å²) in [4.78, 5) is 4.39. The molecule has 74 valence electrons. The van der Waals surface area contributed by atoms with Crippen LogP contribution in [0, 0.1) is 5.92 Å². The standard InChI is InChI=1S/C9H17N3S/c1-6(2)5-8-11-9(13-12-8)10-7(3)4/h6-7H,5H2,1-4H3,(H,10,11,12). The molecule has 0 radical (unpaired) electrons. The average molecular weight is 199 g/mol. The second-order valence-corrected chi connectivity index (χ2v) is 4.66. The Bertz CT molecular complexity index is 231. The van der Waals surface area contributed by atoms with Crippen molar-refractivity contribution in [3.05, 3.63) is 5.82 Å². The van der Waals surface area contributed by atoms with Gasteiger partial charge in [0.05, 0.1) is 0 Å². The van der Waals surface area contributed by atoms with Crippen molar-refractivity contribution in [1.82, 2.24) is 9.36 Å². The number of hydrogen-bond donors (Lipinski definition) is 1. The van der Waals surface area contributed by atoms with Gasteiger partial charge in [-0.3, -0.25) is 0 Å². The molecule has 0 aliphatic heterocycles. The molecule has 1 rings (SSSR count). The molecule has 1 heterocycles. The molecule has 13 heavy (non-hydrogen) atoms. The van der Waals surface area contributed by atoms with Crippen molar-refractivity contribution in [2.45, 2.75) is 40.2 Å². The molecule has 0 fully saturated rings. The number of nitrogens with zero attached hydrogens (tertiary/aromatic N) is 2. The molecule has 3 nitrogen and oxygen atoms in total. The maximum Gasteiger partial charge on any atom is 0.202 e. The van der Waals surface area contributed by atoms with Gasteiger partial charge in [-0.1, -0.05) is 13.8 Å². The number of aromatic nitrogens is 2. The summed E-state index contributed by atoms with van der Waals surface area (Å²) in [5.41, 5.74) is 0. The zero-order valence-corrected chi connectivity index (χ0v) is 9.48. The highest BCUT2D eigenvalue weighted by Crippen LogP contribution is 2.14. The van der Waals surface area contributed by atoms with Gasteiger partial charge in [0.25, 0.3) is 0 Å². The zero-order valence-electron chi connectivity index (χ0n) is 8.66. The summed E-state index contributed by atoms with van der Waals surface area (Å²) in [5, 5.41) is 4.18. The summed E-state index contributed by atoms with van der Waals surface area (Å²) in [6.07, 6.45) is 0.969. The van der Waals surface area contributed by atoms with Crippen LogP contribution in [-0.2, 0) is 6.42 Å². The van der Waals surface area contributed by atoms with Gasteiger partial charge in [-0.05, 0) is 19.8 Å². The Morgan fingerprint density at radius 2 is 2.00 bits per heavy atom. The van der Waals surface area contributed by atoms with Gasteiger partial charge in [0.15, 0.2) is 0 Å². The molecule has 0 atom stereocenters. The Kier molecular flexibility index (Phi) is 3.66. The molecule has 0 amide bonds. The quantitative estimate of drug-likeness (QED) is 0.810. The third-order valence-corrected chi connectivity index (χ3v) is 2.16. The monoisotopic (exact) mass is 199 g/mol. The molecule has 1 aromatic heterocycles. The number of rotatable bonds is 4. The van der Waals surface area contributed by atoms with Crippen molar-refractivity contribution in [3.8, 4) is 0 Å². The van der Waals surface area contributed by atoms with Gasteiger partial charge < -0.3 is 5.32 Å². The van der Waals surface area contributed by atoms with Crippen LogP contribution >= 0.6 is 11.5 Å². The molecule has 0 aliphatic rings. The van der Waals surface area contributed by atoms with Crippen molar-refractivity contribution in [2.24, 2.45) is 5.92 Å². The summed E-state index contributed by atoms with van der Waals surface area (Å²) in [5.74, 6) is 1.59. The van der Waals surface area contributed by atoms with Gasteiger partial charge in [0, 0.05) is 24.0 Å². The molecule has 0 saturated heterocycles. The first-order chi connectivity index (χ1) is 6.08. The lowest BCUT2D eigenvalue weighted by Gasteiger charge is -2.03. The van der Waals surface area contributed by atoms with Crippen LogP contribution in [0.3, 0.4) is 0 Å². The van der Waals surface area contributed by atoms with E-state index in [-0.39, 0.29) is 0 Å².